The van der Waals surface area contributed by atoms with Gasteiger partial charge in [-0.1, -0.05) is 29.8 Å². The molecule has 2 saturated heterocycles. The van der Waals surface area contributed by atoms with Gasteiger partial charge in [-0.25, -0.2) is 4.79 Å². The quantitative estimate of drug-likeness (QED) is 0.251. The number of primary amides is 1. The van der Waals surface area contributed by atoms with Gasteiger partial charge in [0, 0.05) is 19.5 Å². The number of aliphatic hydroxyl groups is 2. The van der Waals surface area contributed by atoms with E-state index in [2.05, 4.69) is 10.6 Å². The van der Waals surface area contributed by atoms with Crippen LogP contribution in [0.15, 0.2) is 24.3 Å². The number of carbonyl (C=O) groups excluding carboxylic acids is 5. The number of amides is 5. The Morgan fingerprint density at radius 2 is 1.70 bits per heavy atom. The first-order chi connectivity index (χ1) is 20.5. The fourth-order valence-corrected chi connectivity index (χ4v) is 6.03. The number of likely N-dealkylation sites (tertiary alicyclic amines) is 2. The average Bonchev–Trinajstić information content (AvgIpc) is 3.56. The van der Waals surface area contributed by atoms with E-state index in [1.54, 1.807) is 20.8 Å². The summed E-state index contributed by atoms with van der Waals surface area (Å²) in [5, 5.41) is 25.6. The van der Waals surface area contributed by atoms with E-state index in [1.165, 1.54) is 23.6 Å². The summed E-state index contributed by atoms with van der Waals surface area (Å²) in [6.45, 7) is 10.1. The van der Waals surface area contributed by atoms with Crippen molar-refractivity contribution in [3.05, 3.63) is 35.4 Å². The molecule has 13 heteroatoms. The van der Waals surface area contributed by atoms with Gasteiger partial charge in [-0.2, -0.15) is 0 Å². The Labute approximate surface area is 258 Å². The minimum absolute atomic E-state index is 0.134. The lowest BCUT2D eigenvalue weighted by molar-refractivity contribution is -0.153. The lowest BCUT2D eigenvalue weighted by Gasteiger charge is -2.41. The predicted octanol–water partition coefficient (Wildman–Crippen LogP) is 0.515. The number of carbonyl (C=O) groups is 5. The van der Waals surface area contributed by atoms with Crippen molar-refractivity contribution < 1.29 is 38.9 Å². The van der Waals surface area contributed by atoms with Crippen LogP contribution < -0.4 is 16.4 Å². The average molecular weight is 618 g/mol. The number of hydrogen-bond acceptors (Lipinski definition) is 8. The fraction of sp³-hybridized carbons (Fsp3) is 0.645. The van der Waals surface area contributed by atoms with Crippen LogP contribution in [0.1, 0.15) is 71.4 Å². The summed E-state index contributed by atoms with van der Waals surface area (Å²) in [4.78, 5) is 69.5. The van der Waals surface area contributed by atoms with Gasteiger partial charge < -0.3 is 41.1 Å². The zero-order valence-electron chi connectivity index (χ0n) is 26.5. The monoisotopic (exact) mass is 617 g/mol. The van der Waals surface area contributed by atoms with Gasteiger partial charge >= 0.3 is 6.09 Å². The highest BCUT2D eigenvalue weighted by molar-refractivity contribution is 5.98. The molecule has 2 aliphatic heterocycles. The summed E-state index contributed by atoms with van der Waals surface area (Å²) in [7, 11) is 0. The summed E-state index contributed by atoms with van der Waals surface area (Å²) < 4.78 is 5.27. The number of nitrogens with zero attached hydrogens (tertiary/aromatic N) is 2. The Kier molecular flexibility index (Phi) is 11.0. The van der Waals surface area contributed by atoms with Crippen LogP contribution in [0.25, 0.3) is 0 Å². The Hall–Kier alpha value is -3.71. The highest BCUT2D eigenvalue weighted by Gasteiger charge is 2.53. The topological polar surface area (TPSA) is 192 Å². The molecule has 0 radical (unpaired) electrons. The second-order valence-corrected chi connectivity index (χ2v) is 12.9. The molecule has 6 N–H and O–H groups in total. The van der Waals surface area contributed by atoms with Gasteiger partial charge in [0.15, 0.2) is 0 Å². The van der Waals surface area contributed by atoms with E-state index < -0.39 is 71.2 Å². The molecule has 0 bridgehead atoms. The zero-order valence-corrected chi connectivity index (χ0v) is 26.5. The molecule has 2 heterocycles. The van der Waals surface area contributed by atoms with Crippen molar-refractivity contribution in [2.24, 2.45) is 5.73 Å². The Bertz CT molecular complexity index is 1250. The minimum Gasteiger partial charge on any atom is -0.444 e. The van der Waals surface area contributed by atoms with E-state index in [1.807, 2.05) is 31.2 Å². The number of hydrogen-bond donors (Lipinski definition) is 5. The molecule has 5 amide bonds. The Balaban J connectivity index is 1.95. The Morgan fingerprint density at radius 1 is 1.05 bits per heavy atom. The van der Waals surface area contributed by atoms with Crippen molar-refractivity contribution in [3.63, 3.8) is 0 Å². The normalized spacial score (nSPS) is 23.0. The van der Waals surface area contributed by atoms with Crippen molar-refractivity contribution >= 4 is 29.7 Å². The maximum absolute atomic E-state index is 14.3. The van der Waals surface area contributed by atoms with Crippen LogP contribution in [0.4, 0.5) is 4.79 Å². The summed E-state index contributed by atoms with van der Waals surface area (Å²) >= 11 is 0. The first-order valence-electron chi connectivity index (χ1n) is 15.1. The number of aryl methyl sites for hydroxylation is 1. The smallest absolute Gasteiger partial charge is 0.408 e. The van der Waals surface area contributed by atoms with Crippen molar-refractivity contribution in [1.82, 2.24) is 20.4 Å². The molecule has 13 nitrogen and oxygen atoms in total. The first kappa shape index (κ1) is 34.8. The Morgan fingerprint density at radius 3 is 2.27 bits per heavy atom. The van der Waals surface area contributed by atoms with E-state index in [9.17, 15) is 34.2 Å². The van der Waals surface area contributed by atoms with E-state index in [-0.39, 0.29) is 25.9 Å². The van der Waals surface area contributed by atoms with Gasteiger partial charge in [0.2, 0.25) is 23.6 Å². The van der Waals surface area contributed by atoms with E-state index in [0.717, 1.165) is 11.1 Å². The number of alkyl carbamates (subject to hydrolysis) is 1. The highest BCUT2D eigenvalue weighted by Crippen LogP contribution is 2.36. The van der Waals surface area contributed by atoms with Gasteiger partial charge in [0.25, 0.3) is 0 Å². The maximum Gasteiger partial charge on any atom is 0.408 e. The van der Waals surface area contributed by atoms with Crippen LogP contribution >= 0.6 is 0 Å². The molecule has 3 rings (SSSR count). The van der Waals surface area contributed by atoms with Crippen molar-refractivity contribution in [2.75, 3.05) is 13.1 Å². The molecule has 0 spiro atoms. The van der Waals surface area contributed by atoms with E-state index in [0.29, 0.717) is 19.3 Å². The van der Waals surface area contributed by atoms with Gasteiger partial charge in [-0.05, 0) is 72.8 Å². The molecule has 1 unspecified atom stereocenters. The zero-order chi connectivity index (χ0) is 33.0. The number of aliphatic hydroxyl groups excluding tert-OH is 2. The predicted molar refractivity (Wildman–Crippen MR) is 161 cm³/mol. The van der Waals surface area contributed by atoms with E-state index >= 15 is 0 Å². The highest BCUT2D eigenvalue weighted by atomic mass is 16.6. The van der Waals surface area contributed by atoms with Crippen molar-refractivity contribution in [2.45, 2.75) is 115 Å². The third-order valence-electron chi connectivity index (χ3n) is 8.07. The lowest BCUT2D eigenvalue weighted by atomic mass is 9.85. The molecular weight excluding hydrogens is 570 g/mol. The second kappa shape index (κ2) is 13.9. The van der Waals surface area contributed by atoms with Crippen LogP contribution in [-0.4, -0.2) is 104 Å². The lowest BCUT2D eigenvalue weighted by Crippen LogP contribution is -2.65. The number of rotatable bonds is 10. The molecule has 0 aromatic heterocycles. The minimum atomic E-state index is -1.43. The molecule has 0 aliphatic carbocycles. The SMILES string of the molecule is Cc1cccc(CC2(C(=O)N[C@H](C(N)=O)[C@@H](C)O)CCCN2C(=O)[C@@H]2CCCN2C(=O)[C@@H](NC(=O)OC(C)(C)C)[C@@H](C)O)c1. The standard InChI is InChI=1S/C31H47N5O8/c1-18-10-7-11-21(16-18)17-31(28(42)33-23(19(2)37)25(32)39)13-9-15-36(31)26(40)22-12-8-14-35(22)27(41)24(20(3)38)34-29(43)44-30(4,5)6/h7,10-11,16,19-20,22-24,37-38H,8-9,12-15,17H2,1-6H3,(H2,32,39)(H,33,42)(H,34,43)/t19-,20-,22+,23+,24+,31?/m1/s1. The molecule has 1 aromatic rings. The first-order valence-corrected chi connectivity index (χ1v) is 15.1. The van der Waals surface area contributed by atoms with Crippen LogP contribution in [0.5, 0.6) is 0 Å². The largest absolute Gasteiger partial charge is 0.444 e. The molecule has 0 saturated carbocycles. The summed E-state index contributed by atoms with van der Waals surface area (Å²) in [6, 6.07) is 3.85. The number of nitrogens with two attached hydrogens (primary N) is 1. The second-order valence-electron chi connectivity index (χ2n) is 12.9. The summed E-state index contributed by atoms with van der Waals surface area (Å²) in [5.74, 6) is -2.63. The third-order valence-corrected chi connectivity index (χ3v) is 8.07. The van der Waals surface area contributed by atoms with Gasteiger partial charge in [-0.3, -0.25) is 19.2 Å². The molecule has 6 atom stereocenters. The van der Waals surface area contributed by atoms with Gasteiger partial charge in [-0.15, -0.1) is 0 Å². The molecular formula is C31H47N5O8. The molecule has 2 aliphatic rings. The van der Waals surface area contributed by atoms with Crippen LogP contribution in [0.2, 0.25) is 0 Å². The number of benzene rings is 1. The summed E-state index contributed by atoms with van der Waals surface area (Å²) in [6.07, 6.45) is -1.72. The maximum atomic E-state index is 14.3. The molecule has 2 fully saturated rings. The molecule has 244 valence electrons. The van der Waals surface area contributed by atoms with Crippen molar-refractivity contribution in [3.8, 4) is 0 Å². The molecule has 44 heavy (non-hydrogen) atoms. The third kappa shape index (κ3) is 8.06. The summed E-state index contributed by atoms with van der Waals surface area (Å²) in [5.41, 5.74) is 4.96. The van der Waals surface area contributed by atoms with Gasteiger partial charge in [0.05, 0.1) is 12.2 Å². The van der Waals surface area contributed by atoms with E-state index in [4.69, 9.17) is 10.5 Å². The van der Waals surface area contributed by atoms with Crippen LogP contribution in [0.3, 0.4) is 0 Å². The van der Waals surface area contributed by atoms with Crippen molar-refractivity contribution in [1.29, 1.82) is 0 Å². The fourth-order valence-electron chi connectivity index (χ4n) is 6.03. The molecule has 1 aromatic carbocycles. The van der Waals surface area contributed by atoms with Crippen LogP contribution in [0, 0.1) is 6.92 Å². The number of ether oxygens (including phenoxy) is 1. The van der Waals surface area contributed by atoms with Crippen LogP contribution in [-0.2, 0) is 30.3 Å². The van der Waals surface area contributed by atoms with Gasteiger partial charge in [0.1, 0.15) is 29.3 Å². The number of nitrogens with one attached hydrogen (secondary N) is 2.